The summed E-state index contributed by atoms with van der Waals surface area (Å²) in [7, 11) is 0. The van der Waals surface area contributed by atoms with Crippen LogP contribution in [0.5, 0.6) is 0 Å². The Bertz CT molecular complexity index is 562. The highest BCUT2D eigenvalue weighted by atomic mass is 16.4. The van der Waals surface area contributed by atoms with Crippen molar-refractivity contribution in [2.45, 2.75) is 52.1 Å². The summed E-state index contributed by atoms with van der Waals surface area (Å²) < 4.78 is 0. The van der Waals surface area contributed by atoms with Gasteiger partial charge < -0.3 is 10.4 Å². The highest BCUT2D eigenvalue weighted by Gasteiger charge is 2.29. The number of nitrogens with zero attached hydrogens (tertiary/aromatic N) is 1. The molecule has 0 fully saturated rings. The Morgan fingerprint density at radius 1 is 1.38 bits per heavy atom. The van der Waals surface area contributed by atoms with Crippen molar-refractivity contribution in [1.29, 1.82) is 0 Å². The SMILES string of the molecule is CC(C)C[C@@H](N=C1NC(C)(C)Cc2ccccc21)C(=O)O. The molecule has 1 aromatic carbocycles. The summed E-state index contributed by atoms with van der Waals surface area (Å²) in [6.45, 7) is 8.25. The van der Waals surface area contributed by atoms with Gasteiger partial charge in [0.1, 0.15) is 11.9 Å². The predicted octanol–water partition coefficient (Wildman–Crippen LogP) is 2.86. The minimum Gasteiger partial charge on any atom is -0.480 e. The Labute approximate surface area is 126 Å². The maximum Gasteiger partial charge on any atom is 0.328 e. The van der Waals surface area contributed by atoms with Crippen LogP contribution in [-0.2, 0) is 11.2 Å². The monoisotopic (exact) mass is 288 g/mol. The first-order chi connectivity index (χ1) is 9.78. The summed E-state index contributed by atoms with van der Waals surface area (Å²) in [6, 6.07) is 7.37. The van der Waals surface area contributed by atoms with Gasteiger partial charge in [0.05, 0.1) is 0 Å². The molecule has 2 N–H and O–H groups in total. The van der Waals surface area contributed by atoms with Crippen molar-refractivity contribution in [2.75, 3.05) is 0 Å². The maximum atomic E-state index is 11.4. The average Bonchev–Trinajstić information content (AvgIpc) is 2.35. The van der Waals surface area contributed by atoms with Crippen molar-refractivity contribution in [1.82, 2.24) is 5.32 Å². The molecule has 1 heterocycles. The van der Waals surface area contributed by atoms with E-state index < -0.39 is 12.0 Å². The van der Waals surface area contributed by atoms with Crippen LogP contribution in [0, 0.1) is 5.92 Å². The quantitative estimate of drug-likeness (QED) is 0.895. The van der Waals surface area contributed by atoms with Crippen molar-refractivity contribution in [3.8, 4) is 0 Å². The average molecular weight is 288 g/mol. The van der Waals surface area contributed by atoms with Crippen molar-refractivity contribution >= 4 is 11.8 Å². The zero-order chi connectivity index (χ0) is 15.6. The lowest BCUT2D eigenvalue weighted by Gasteiger charge is -2.35. The first kappa shape index (κ1) is 15.5. The Kier molecular flexibility index (Phi) is 4.35. The molecule has 0 radical (unpaired) electrons. The molecule has 0 amide bonds. The molecule has 2 rings (SSSR count). The van der Waals surface area contributed by atoms with Gasteiger partial charge in [-0.3, -0.25) is 4.99 Å². The molecule has 1 atom stereocenters. The van der Waals surface area contributed by atoms with E-state index >= 15 is 0 Å². The summed E-state index contributed by atoms with van der Waals surface area (Å²) in [5.74, 6) is 0.135. The van der Waals surface area contributed by atoms with Crippen LogP contribution < -0.4 is 5.32 Å². The van der Waals surface area contributed by atoms with Crippen LogP contribution in [0.4, 0.5) is 0 Å². The molecule has 4 heteroatoms. The molecule has 0 bridgehead atoms. The molecule has 114 valence electrons. The lowest BCUT2D eigenvalue weighted by molar-refractivity contribution is -0.138. The molecular weight excluding hydrogens is 264 g/mol. The highest BCUT2D eigenvalue weighted by molar-refractivity contribution is 6.02. The predicted molar refractivity (Wildman–Crippen MR) is 84.8 cm³/mol. The number of aliphatic carboxylic acids is 1. The molecule has 0 spiro atoms. The van der Waals surface area contributed by atoms with E-state index in [1.807, 2.05) is 32.0 Å². The summed E-state index contributed by atoms with van der Waals surface area (Å²) in [5, 5.41) is 12.8. The van der Waals surface area contributed by atoms with Crippen LogP contribution >= 0.6 is 0 Å². The first-order valence-electron chi connectivity index (χ1n) is 7.45. The molecule has 0 saturated carbocycles. The number of amidine groups is 1. The Morgan fingerprint density at radius 2 is 2.05 bits per heavy atom. The summed E-state index contributed by atoms with van der Waals surface area (Å²) in [4.78, 5) is 16.0. The van der Waals surface area contributed by atoms with E-state index in [-0.39, 0.29) is 5.54 Å². The van der Waals surface area contributed by atoms with Crippen molar-refractivity contribution < 1.29 is 9.90 Å². The van der Waals surface area contributed by atoms with Crippen molar-refractivity contribution in [3.05, 3.63) is 35.4 Å². The van der Waals surface area contributed by atoms with E-state index in [0.717, 1.165) is 12.0 Å². The molecule has 1 aliphatic heterocycles. The second-order valence-electron chi connectivity index (χ2n) is 6.80. The van der Waals surface area contributed by atoms with E-state index in [1.54, 1.807) is 0 Å². The minimum atomic E-state index is -0.862. The molecule has 0 saturated heterocycles. The number of carboxylic acid groups (broad SMARTS) is 1. The number of benzene rings is 1. The van der Waals surface area contributed by atoms with Gasteiger partial charge in [-0.2, -0.15) is 0 Å². The van der Waals surface area contributed by atoms with Crippen LogP contribution in [0.2, 0.25) is 0 Å². The lowest BCUT2D eigenvalue weighted by atomic mass is 9.87. The van der Waals surface area contributed by atoms with E-state index in [2.05, 4.69) is 30.2 Å². The summed E-state index contributed by atoms with van der Waals surface area (Å²) >= 11 is 0. The van der Waals surface area contributed by atoms with Gasteiger partial charge in [0.25, 0.3) is 0 Å². The van der Waals surface area contributed by atoms with E-state index in [0.29, 0.717) is 18.2 Å². The number of carbonyl (C=O) groups is 1. The van der Waals surface area contributed by atoms with Crippen LogP contribution in [-0.4, -0.2) is 28.5 Å². The molecule has 0 unspecified atom stereocenters. The Hall–Kier alpha value is -1.84. The van der Waals surface area contributed by atoms with Crippen LogP contribution in [0.15, 0.2) is 29.3 Å². The number of hydrogen-bond donors (Lipinski definition) is 2. The maximum absolute atomic E-state index is 11.4. The molecular formula is C17H24N2O2. The summed E-state index contributed by atoms with van der Waals surface area (Å²) in [5.41, 5.74) is 2.12. The molecule has 21 heavy (non-hydrogen) atoms. The smallest absolute Gasteiger partial charge is 0.328 e. The third kappa shape index (κ3) is 3.84. The van der Waals surface area contributed by atoms with E-state index in [9.17, 15) is 9.90 Å². The van der Waals surface area contributed by atoms with Crippen LogP contribution in [0.3, 0.4) is 0 Å². The standard InChI is InChI=1S/C17H24N2O2/c1-11(2)9-14(16(20)21)18-15-13-8-6-5-7-12(13)10-17(3,4)19-15/h5-8,11,14H,9-10H2,1-4H3,(H,18,19)(H,20,21)/t14-/m1/s1. The zero-order valence-corrected chi connectivity index (χ0v) is 13.2. The summed E-state index contributed by atoms with van der Waals surface area (Å²) in [6.07, 6.45) is 1.45. The van der Waals surface area contributed by atoms with E-state index in [1.165, 1.54) is 5.56 Å². The van der Waals surface area contributed by atoms with Gasteiger partial charge in [-0.05, 0) is 38.2 Å². The zero-order valence-electron chi connectivity index (χ0n) is 13.2. The Morgan fingerprint density at radius 3 is 2.67 bits per heavy atom. The number of rotatable bonds is 4. The fourth-order valence-corrected chi connectivity index (χ4v) is 2.73. The second kappa shape index (κ2) is 5.88. The molecule has 0 aliphatic carbocycles. The number of carboxylic acids is 1. The fourth-order valence-electron chi connectivity index (χ4n) is 2.73. The molecule has 1 aliphatic rings. The third-order valence-electron chi connectivity index (χ3n) is 3.63. The molecule has 1 aromatic rings. The van der Waals surface area contributed by atoms with Crippen LogP contribution in [0.1, 0.15) is 45.2 Å². The van der Waals surface area contributed by atoms with Crippen molar-refractivity contribution in [3.63, 3.8) is 0 Å². The minimum absolute atomic E-state index is 0.117. The van der Waals surface area contributed by atoms with Crippen LogP contribution in [0.25, 0.3) is 0 Å². The number of aliphatic imine (C=N–C) groups is 1. The van der Waals surface area contributed by atoms with E-state index in [4.69, 9.17) is 0 Å². The Balaban J connectivity index is 2.41. The normalized spacial score (nSPS) is 20.0. The van der Waals surface area contributed by atoms with Crippen molar-refractivity contribution in [2.24, 2.45) is 10.9 Å². The molecule has 4 nitrogen and oxygen atoms in total. The fraction of sp³-hybridized carbons (Fsp3) is 0.529. The van der Waals surface area contributed by atoms with Gasteiger partial charge in [0, 0.05) is 11.1 Å². The van der Waals surface area contributed by atoms with Gasteiger partial charge in [0.15, 0.2) is 0 Å². The van der Waals surface area contributed by atoms with Gasteiger partial charge in [-0.1, -0.05) is 38.1 Å². The van der Waals surface area contributed by atoms with Gasteiger partial charge in [-0.15, -0.1) is 0 Å². The molecule has 0 aromatic heterocycles. The lowest BCUT2D eigenvalue weighted by Crippen LogP contribution is -2.50. The highest BCUT2D eigenvalue weighted by Crippen LogP contribution is 2.24. The second-order valence-corrected chi connectivity index (χ2v) is 6.80. The van der Waals surface area contributed by atoms with Gasteiger partial charge in [0.2, 0.25) is 0 Å². The topological polar surface area (TPSA) is 61.7 Å². The number of nitrogens with one attached hydrogen (secondary N) is 1. The first-order valence-corrected chi connectivity index (χ1v) is 7.45. The van der Waals surface area contributed by atoms with Gasteiger partial charge >= 0.3 is 5.97 Å². The largest absolute Gasteiger partial charge is 0.480 e. The number of hydrogen-bond acceptors (Lipinski definition) is 2. The number of fused-ring (bicyclic) bond motifs is 1. The third-order valence-corrected chi connectivity index (χ3v) is 3.63. The van der Waals surface area contributed by atoms with Gasteiger partial charge in [-0.25, -0.2) is 4.79 Å².